The molecule has 1 aliphatic carbocycles. The first-order valence-electron chi connectivity index (χ1n) is 6.45. The molecule has 1 aromatic heterocycles. The molecule has 0 amide bonds. The first-order valence-corrected chi connectivity index (χ1v) is 6.45. The molecule has 8 nitrogen and oxygen atoms in total. The van der Waals surface area contributed by atoms with Crippen molar-refractivity contribution in [2.45, 2.75) is 18.9 Å². The molecule has 1 fully saturated rings. The molecule has 8 heteroatoms. The van der Waals surface area contributed by atoms with Crippen molar-refractivity contribution in [3.8, 4) is 11.4 Å². The fraction of sp³-hybridized carbons (Fsp3) is 0.308. The molecule has 1 heterocycles. The summed E-state index contributed by atoms with van der Waals surface area (Å²) in [4.78, 5) is 25.6. The van der Waals surface area contributed by atoms with Crippen LogP contribution in [0.15, 0.2) is 30.6 Å². The summed E-state index contributed by atoms with van der Waals surface area (Å²) in [5, 5.41) is 24.2. The molecule has 1 unspecified atom stereocenters. The molecule has 2 aromatic rings. The van der Waals surface area contributed by atoms with Crippen molar-refractivity contribution < 1.29 is 14.8 Å². The van der Waals surface area contributed by atoms with Crippen LogP contribution in [0.5, 0.6) is 0 Å². The lowest BCUT2D eigenvalue weighted by Gasteiger charge is -2.10. The van der Waals surface area contributed by atoms with E-state index >= 15 is 0 Å². The fourth-order valence-corrected chi connectivity index (χ4v) is 2.24. The summed E-state index contributed by atoms with van der Waals surface area (Å²) in [7, 11) is 0. The maximum Gasteiger partial charge on any atom is 0.328 e. The van der Waals surface area contributed by atoms with Crippen LogP contribution in [-0.2, 0) is 4.79 Å². The molecule has 0 saturated heterocycles. The van der Waals surface area contributed by atoms with Crippen molar-refractivity contribution in [2.24, 2.45) is 5.92 Å². The minimum Gasteiger partial charge on any atom is -0.480 e. The standard InChI is InChI=1S/C13H12N4O4/c18-13(19)11(8-4-5-8)16-7-14-12(15-16)9-2-1-3-10(6-9)17(20)21/h1-3,6-8,11H,4-5H2,(H,18,19). The van der Waals surface area contributed by atoms with Crippen LogP contribution < -0.4 is 0 Å². The van der Waals surface area contributed by atoms with Crippen LogP contribution in [0, 0.1) is 16.0 Å². The third kappa shape index (κ3) is 2.60. The van der Waals surface area contributed by atoms with Crippen LogP contribution >= 0.6 is 0 Å². The van der Waals surface area contributed by atoms with Crippen molar-refractivity contribution in [1.29, 1.82) is 0 Å². The zero-order chi connectivity index (χ0) is 15.0. The number of nitrogens with zero attached hydrogens (tertiary/aromatic N) is 4. The van der Waals surface area contributed by atoms with Crippen molar-refractivity contribution in [3.05, 3.63) is 40.7 Å². The van der Waals surface area contributed by atoms with Gasteiger partial charge in [-0.15, -0.1) is 0 Å². The highest BCUT2D eigenvalue weighted by atomic mass is 16.6. The predicted octanol–water partition coefficient (Wildman–Crippen LogP) is 1.89. The second kappa shape index (κ2) is 4.97. The Morgan fingerprint density at radius 2 is 2.24 bits per heavy atom. The van der Waals surface area contributed by atoms with Gasteiger partial charge in [0.05, 0.1) is 4.92 Å². The number of non-ortho nitro benzene ring substituents is 1. The highest BCUT2D eigenvalue weighted by molar-refractivity contribution is 5.72. The summed E-state index contributed by atoms with van der Waals surface area (Å²) in [6.45, 7) is 0. The minimum atomic E-state index is -0.937. The number of carboxylic acid groups (broad SMARTS) is 1. The average Bonchev–Trinajstić information content (AvgIpc) is 3.15. The van der Waals surface area contributed by atoms with Gasteiger partial charge in [0.15, 0.2) is 11.9 Å². The highest BCUT2D eigenvalue weighted by Gasteiger charge is 2.38. The van der Waals surface area contributed by atoms with Crippen molar-refractivity contribution in [3.63, 3.8) is 0 Å². The van der Waals surface area contributed by atoms with E-state index in [9.17, 15) is 20.0 Å². The third-order valence-electron chi connectivity index (χ3n) is 3.43. The van der Waals surface area contributed by atoms with E-state index in [-0.39, 0.29) is 17.4 Å². The second-order valence-corrected chi connectivity index (χ2v) is 4.98. The molecule has 3 rings (SSSR count). The molecule has 0 aliphatic heterocycles. The minimum absolute atomic E-state index is 0.0548. The number of carbonyl (C=O) groups is 1. The smallest absolute Gasteiger partial charge is 0.328 e. The summed E-state index contributed by atoms with van der Waals surface area (Å²) in [5.41, 5.74) is 0.434. The van der Waals surface area contributed by atoms with E-state index in [1.165, 1.54) is 23.1 Å². The Kier molecular flexibility index (Phi) is 3.13. The summed E-state index contributed by atoms with van der Waals surface area (Å²) < 4.78 is 1.33. The van der Waals surface area contributed by atoms with Gasteiger partial charge in [0.1, 0.15) is 6.33 Å². The Labute approximate surface area is 119 Å². The number of aromatic nitrogens is 3. The molecule has 1 aliphatic rings. The lowest BCUT2D eigenvalue weighted by atomic mass is 10.2. The van der Waals surface area contributed by atoms with Gasteiger partial charge in [-0.25, -0.2) is 14.5 Å². The SMILES string of the molecule is O=C(O)C(C1CC1)n1cnc(-c2cccc([N+](=O)[O-])c2)n1. The van der Waals surface area contributed by atoms with Gasteiger partial charge >= 0.3 is 5.97 Å². The highest BCUT2D eigenvalue weighted by Crippen LogP contribution is 2.39. The van der Waals surface area contributed by atoms with Gasteiger partial charge in [0.25, 0.3) is 5.69 Å². The number of nitro benzene ring substituents is 1. The van der Waals surface area contributed by atoms with Gasteiger partial charge in [-0.05, 0) is 18.8 Å². The number of carboxylic acids is 1. The first-order chi connectivity index (χ1) is 10.1. The van der Waals surface area contributed by atoms with Gasteiger partial charge in [0.2, 0.25) is 0 Å². The Morgan fingerprint density at radius 1 is 1.48 bits per heavy atom. The monoisotopic (exact) mass is 288 g/mol. The van der Waals surface area contributed by atoms with E-state index in [2.05, 4.69) is 10.1 Å². The Balaban J connectivity index is 1.92. The van der Waals surface area contributed by atoms with Gasteiger partial charge < -0.3 is 5.11 Å². The largest absolute Gasteiger partial charge is 0.480 e. The topological polar surface area (TPSA) is 111 Å². The molecule has 1 N–H and O–H groups in total. The number of rotatable bonds is 5. The molecular weight excluding hydrogens is 276 g/mol. The van der Waals surface area contributed by atoms with Crippen molar-refractivity contribution in [2.75, 3.05) is 0 Å². The van der Waals surface area contributed by atoms with E-state index in [4.69, 9.17) is 0 Å². The van der Waals surface area contributed by atoms with Gasteiger partial charge in [-0.3, -0.25) is 10.1 Å². The van der Waals surface area contributed by atoms with Crippen LogP contribution in [-0.4, -0.2) is 30.8 Å². The fourth-order valence-electron chi connectivity index (χ4n) is 2.24. The van der Waals surface area contributed by atoms with Crippen LogP contribution in [0.25, 0.3) is 11.4 Å². The lowest BCUT2D eigenvalue weighted by Crippen LogP contribution is -2.21. The Hall–Kier alpha value is -2.77. The second-order valence-electron chi connectivity index (χ2n) is 4.98. The quantitative estimate of drug-likeness (QED) is 0.664. The maximum atomic E-state index is 11.3. The van der Waals surface area contributed by atoms with Crippen molar-refractivity contribution >= 4 is 11.7 Å². The third-order valence-corrected chi connectivity index (χ3v) is 3.43. The Bertz CT molecular complexity index is 708. The molecule has 1 saturated carbocycles. The summed E-state index contributed by atoms with van der Waals surface area (Å²) in [6, 6.07) is 5.23. The summed E-state index contributed by atoms with van der Waals surface area (Å²) in [5.74, 6) is -0.569. The molecule has 1 atom stereocenters. The molecule has 0 bridgehead atoms. The predicted molar refractivity (Wildman–Crippen MR) is 71.5 cm³/mol. The van der Waals surface area contributed by atoms with Gasteiger partial charge in [-0.2, -0.15) is 5.10 Å². The van der Waals surface area contributed by atoms with Gasteiger partial charge in [-0.1, -0.05) is 12.1 Å². The lowest BCUT2D eigenvalue weighted by molar-refractivity contribution is -0.384. The molecule has 0 spiro atoms. The van der Waals surface area contributed by atoms with E-state index in [1.807, 2.05) is 0 Å². The average molecular weight is 288 g/mol. The normalized spacial score (nSPS) is 15.6. The molecule has 0 radical (unpaired) electrons. The van der Waals surface area contributed by atoms with Crippen LogP contribution in [0.3, 0.4) is 0 Å². The Morgan fingerprint density at radius 3 is 2.86 bits per heavy atom. The van der Waals surface area contributed by atoms with Crippen LogP contribution in [0.2, 0.25) is 0 Å². The molecule has 1 aromatic carbocycles. The zero-order valence-electron chi connectivity index (χ0n) is 10.9. The molecule has 108 valence electrons. The van der Waals surface area contributed by atoms with E-state index in [0.29, 0.717) is 5.56 Å². The van der Waals surface area contributed by atoms with Crippen LogP contribution in [0.1, 0.15) is 18.9 Å². The van der Waals surface area contributed by atoms with Gasteiger partial charge in [0, 0.05) is 17.7 Å². The first kappa shape index (κ1) is 13.2. The van der Waals surface area contributed by atoms with Crippen LogP contribution in [0.4, 0.5) is 5.69 Å². The zero-order valence-corrected chi connectivity index (χ0v) is 10.9. The summed E-state index contributed by atoms with van der Waals surface area (Å²) in [6.07, 6.45) is 3.09. The number of hydrogen-bond donors (Lipinski definition) is 1. The molecular formula is C13H12N4O4. The van der Waals surface area contributed by atoms with E-state index in [0.717, 1.165) is 12.8 Å². The number of nitro groups is 1. The maximum absolute atomic E-state index is 11.3. The van der Waals surface area contributed by atoms with E-state index < -0.39 is 16.9 Å². The van der Waals surface area contributed by atoms with Crippen molar-refractivity contribution in [1.82, 2.24) is 14.8 Å². The van der Waals surface area contributed by atoms with E-state index in [1.54, 1.807) is 12.1 Å². The summed E-state index contributed by atoms with van der Waals surface area (Å²) >= 11 is 0. The number of hydrogen-bond acceptors (Lipinski definition) is 5. The number of aliphatic carboxylic acids is 1. The number of benzene rings is 1. The molecule has 21 heavy (non-hydrogen) atoms.